The fourth-order valence-electron chi connectivity index (χ4n) is 5.39. The van der Waals surface area contributed by atoms with Crippen LogP contribution in [0.1, 0.15) is 49.3 Å². The maximum absolute atomic E-state index is 12.9. The topological polar surface area (TPSA) is 77.1 Å². The molecule has 0 saturated carbocycles. The number of methoxy groups -OCH3 is 1. The Kier molecular flexibility index (Phi) is 12.3. The monoisotopic (exact) mass is 572 g/mol. The molecular formula is C35H44N2O5. The third kappa shape index (κ3) is 10.2. The Bertz CT molecular complexity index is 1220. The van der Waals surface area contributed by atoms with Gasteiger partial charge in [0.1, 0.15) is 24.1 Å². The minimum Gasteiger partial charge on any atom is -0.494 e. The van der Waals surface area contributed by atoms with Crippen molar-refractivity contribution in [3.05, 3.63) is 95.6 Å². The predicted molar refractivity (Wildman–Crippen MR) is 165 cm³/mol. The lowest BCUT2D eigenvalue weighted by Gasteiger charge is -2.32. The molecule has 0 bridgehead atoms. The number of esters is 1. The van der Waals surface area contributed by atoms with Crippen LogP contribution in [0.3, 0.4) is 0 Å². The maximum atomic E-state index is 12.9. The summed E-state index contributed by atoms with van der Waals surface area (Å²) < 4.78 is 16.4. The largest absolute Gasteiger partial charge is 0.494 e. The number of nitrogens with zero attached hydrogens (tertiary/aromatic N) is 1. The number of benzene rings is 3. The number of likely N-dealkylation sites (tertiary alicyclic amines) is 1. The van der Waals surface area contributed by atoms with Crippen molar-refractivity contribution in [1.29, 1.82) is 0 Å². The molecular weight excluding hydrogens is 528 g/mol. The van der Waals surface area contributed by atoms with E-state index in [0.29, 0.717) is 32.0 Å². The summed E-state index contributed by atoms with van der Waals surface area (Å²) in [5.74, 6) is 1.47. The summed E-state index contributed by atoms with van der Waals surface area (Å²) in [4.78, 5) is 27.9. The lowest BCUT2D eigenvalue weighted by atomic mass is 9.92. The number of carbonyl (C=O) groups is 2. The third-order valence-corrected chi connectivity index (χ3v) is 7.79. The molecule has 1 amide bonds. The maximum Gasteiger partial charge on any atom is 0.328 e. The molecule has 1 N–H and O–H groups in total. The molecule has 1 fully saturated rings. The van der Waals surface area contributed by atoms with E-state index in [-0.39, 0.29) is 5.91 Å². The van der Waals surface area contributed by atoms with E-state index in [9.17, 15) is 9.59 Å². The Labute approximate surface area is 250 Å². The summed E-state index contributed by atoms with van der Waals surface area (Å²) in [5, 5.41) is 2.93. The van der Waals surface area contributed by atoms with Gasteiger partial charge in [0.2, 0.25) is 5.91 Å². The lowest BCUT2D eigenvalue weighted by molar-refractivity contribution is -0.145. The second-order valence-electron chi connectivity index (χ2n) is 10.9. The molecule has 3 aromatic rings. The van der Waals surface area contributed by atoms with Crippen molar-refractivity contribution in [2.75, 3.05) is 33.4 Å². The minimum absolute atomic E-state index is 0.0952. The molecule has 1 heterocycles. The first-order valence-corrected chi connectivity index (χ1v) is 15.1. The van der Waals surface area contributed by atoms with Crippen LogP contribution in [0.2, 0.25) is 0 Å². The summed E-state index contributed by atoms with van der Waals surface area (Å²) in [6.07, 6.45) is 4.94. The van der Waals surface area contributed by atoms with Crippen molar-refractivity contribution in [1.82, 2.24) is 10.2 Å². The van der Waals surface area contributed by atoms with Gasteiger partial charge in [0.15, 0.2) is 0 Å². The minimum atomic E-state index is -0.721. The molecule has 1 aliphatic rings. The highest BCUT2D eigenvalue weighted by Gasteiger charge is 2.25. The van der Waals surface area contributed by atoms with E-state index in [1.807, 2.05) is 73.7 Å². The number of piperidine rings is 1. The molecule has 0 aliphatic carbocycles. The van der Waals surface area contributed by atoms with Gasteiger partial charge in [-0.3, -0.25) is 4.79 Å². The number of rotatable bonds is 15. The number of carbonyl (C=O) groups excluding carboxylic acids is 2. The fraction of sp³-hybridized carbons (Fsp3) is 0.429. The van der Waals surface area contributed by atoms with Gasteiger partial charge in [-0.25, -0.2) is 4.79 Å². The van der Waals surface area contributed by atoms with E-state index in [1.165, 1.54) is 12.7 Å². The summed E-state index contributed by atoms with van der Waals surface area (Å²) in [6, 6.07) is 25.3. The number of nitrogens with one attached hydrogen (secondary N) is 1. The van der Waals surface area contributed by atoms with Gasteiger partial charge in [0, 0.05) is 12.8 Å². The van der Waals surface area contributed by atoms with Crippen molar-refractivity contribution >= 4 is 11.9 Å². The van der Waals surface area contributed by atoms with Gasteiger partial charge in [-0.05, 0) is 99.1 Å². The van der Waals surface area contributed by atoms with Gasteiger partial charge in [-0.15, -0.1) is 0 Å². The zero-order chi connectivity index (χ0) is 29.6. The standard InChI is InChI=1S/C35H44N2O5/c1-3-41-31-15-11-27(12-16-31)10-7-21-37-22-19-29(20-23-37)25-34(38)36-33(35(39)40-2)24-28-13-17-32(18-14-28)42-26-30-8-5-4-6-9-30/h4-6,8-9,11-18,29,33H,3,7,10,19-26H2,1-2H3,(H,36,38)/t33-/m0/s1. The molecule has 1 aliphatic heterocycles. The zero-order valence-electron chi connectivity index (χ0n) is 24.9. The van der Waals surface area contributed by atoms with E-state index in [2.05, 4.69) is 22.3 Å². The molecule has 0 aromatic heterocycles. The van der Waals surface area contributed by atoms with E-state index in [1.54, 1.807) is 0 Å². The molecule has 1 atom stereocenters. The first kappa shape index (κ1) is 31.1. The Morgan fingerprint density at radius 2 is 1.50 bits per heavy atom. The number of amides is 1. The number of hydrogen-bond donors (Lipinski definition) is 1. The summed E-state index contributed by atoms with van der Waals surface area (Å²) in [5.41, 5.74) is 3.36. The summed E-state index contributed by atoms with van der Waals surface area (Å²) in [7, 11) is 1.35. The van der Waals surface area contributed by atoms with E-state index >= 15 is 0 Å². The molecule has 0 spiro atoms. The second-order valence-corrected chi connectivity index (χ2v) is 10.9. The highest BCUT2D eigenvalue weighted by Crippen LogP contribution is 2.22. The van der Waals surface area contributed by atoms with Gasteiger partial charge >= 0.3 is 5.97 Å². The van der Waals surface area contributed by atoms with Crippen LogP contribution in [0.5, 0.6) is 11.5 Å². The number of hydrogen-bond acceptors (Lipinski definition) is 6. The van der Waals surface area contributed by atoms with E-state index in [4.69, 9.17) is 14.2 Å². The van der Waals surface area contributed by atoms with Gasteiger partial charge in [-0.1, -0.05) is 54.6 Å². The molecule has 1 saturated heterocycles. The van der Waals surface area contributed by atoms with Crippen LogP contribution < -0.4 is 14.8 Å². The van der Waals surface area contributed by atoms with Crippen LogP contribution in [0, 0.1) is 5.92 Å². The quantitative estimate of drug-likeness (QED) is 0.239. The van der Waals surface area contributed by atoms with E-state index in [0.717, 1.165) is 67.9 Å². The van der Waals surface area contributed by atoms with Crippen molar-refractivity contribution in [3.63, 3.8) is 0 Å². The van der Waals surface area contributed by atoms with Gasteiger partial charge in [-0.2, -0.15) is 0 Å². The smallest absolute Gasteiger partial charge is 0.328 e. The van der Waals surface area contributed by atoms with Crippen LogP contribution in [0.25, 0.3) is 0 Å². The molecule has 0 radical (unpaired) electrons. The second kappa shape index (κ2) is 16.6. The van der Waals surface area contributed by atoms with Crippen LogP contribution >= 0.6 is 0 Å². The van der Waals surface area contributed by atoms with Crippen molar-refractivity contribution in [3.8, 4) is 11.5 Å². The van der Waals surface area contributed by atoms with Crippen LogP contribution in [0.4, 0.5) is 0 Å². The molecule has 0 unspecified atom stereocenters. The average molecular weight is 573 g/mol. The zero-order valence-corrected chi connectivity index (χ0v) is 24.9. The molecule has 3 aromatic carbocycles. The molecule has 7 nitrogen and oxygen atoms in total. The van der Waals surface area contributed by atoms with Crippen molar-refractivity contribution in [2.24, 2.45) is 5.92 Å². The number of aryl methyl sites for hydroxylation is 1. The molecule has 42 heavy (non-hydrogen) atoms. The first-order valence-electron chi connectivity index (χ1n) is 15.1. The average Bonchev–Trinajstić information content (AvgIpc) is 3.02. The van der Waals surface area contributed by atoms with Gasteiger partial charge < -0.3 is 24.4 Å². The fourth-order valence-corrected chi connectivity index (χ4v) is 5.39. The summed E-state index contributed by atoms with van der Waals surface area (Å²) in [6.45, 7) is 6.23. The van der Waals surface area contributed by atoms with E-state index < -0.39 is 12.0 Å². The lowest BCUT2D eigenvalue weighted by Crippen LogP contribution is -2.44. The van der Waals surface area contributed by atoms with Crippen molar-refractivity contribution in [2.45, 2.75) is 58.1 Å². The molecule has 7 heteroatoms. The third-order valence-electron chi connectivity index (χ3n) is 7.79. The number of ether oxygens (including phenoxy) is 3. The summed E-state index contributed by atoms with van der Waals surface area (Å²) >= 11 is 0. The Hall–Kier alpha value is -3.84. The van der Waals surface area contributed by atoms with Gasteiger partial charge in [0.25, 0.3) is 0 Å². The predicted octanol–water partition coefficient (Wildman–Crippen LogP) is 5.60. The first-order chi connectivity index (χ1) is 20.5. The van der Waals surface area contributed by atoms with Crippen LogP contribution in [-0.4, -0.2) is 56.2 Å². The highest BCUT2D eigenvalue weighted by atomic mass is 16.5. The molecule has 224 valence electrons. The van der Waals surface area contributed by atoms with Crippen LogP contribution in [0.15, 0.2) is 78.9 Å². The Balaban J connectivity index is 1.16. The van der Waals surface area contributed by atoms with Crippen molar-refractivity contribution < 1.29 is 23.8 Å². The highest BCUT2D eigenvalue weighted by molar-refractivity contribution is 5.84. The molecule has 4 rings (SSSR count). The van der Waals surface area contributed by atoms with Crippen LogP contribution in [-0.2, 0) is 33.8 Å². The Morgan fingerprint density at radius 1 is 0.857 bits per heavy atom. The normalized spacial score (nSPS) is 14.6. The SMILES string of the molecule is CCOc1ccc(CCCN2CCC(CC(=O)N[C@@H](Cc3ccc(OCc4ccccc4)cc3)C(=O)OC)CC2)cc1. The van der Waals surface area contributed by atoms with Gasteiger partial charge in [0.05, 0.1) is 13.7 Å². The Morgan fingerprint density at radius 3 is 2.14 bits per heavy atom.